The topological polar surface area (TPSA) is 33.5 Å². The van der Waals surface area contributed by atoms with Gasteiger partial charge < -0.3 is 10.2 Å². The summed E-state index contributed by atoms with van der Waals surface area (Å²) in [6, 6.07) is 11.1. The van der Waals surface area contributed by atoms with Gasteiger partial charge in [0.15, 0.2) is 6.04 Å². The predicted molar refractivity (Wildman–Crippen MR) is 91.5 cm³/mol. The molecule has 0 fully saturated rings. The number of halogens is 3. The zero-order chi connectivity index (χ0) is 17.0. The fourth-order valence-corrected chi connectivity index (χ4v) is 2.59. The number of benzene rings is 2. The second-order valence-electron chi connectivity index (χ2n) is 5.44. The fourth-order valence-electron chi connectivity index (χ4n) is 2.17. The summed E-state index contributed by atoms with van der Waals surface area (Å²) in [6.07, 6.45) is 0. The van der Waals surface area contributed by atoms with Gasteiger partial charge in [-0.15, -0.1) is 0 Å². The number of nitrogens with one attached hydrogen (secondary N) is 2. The van der Waals surface area contributed by atoms with Crippen molar-refractivity contribution in [1.29, 1.82) is 0 Å². The molecule has 0 aliphatic rings. The molecule has 2 aromatic rings. The summed E-state index contributed by atoms with van der Waals surface area (Å²) in [5, 5.41) is 3.73. The average molecular weight is 356 g/mol. The number of quaternary nitrogens is 1. The van der Waals surface area contributed by atoms with Crippen molar-refractivity contribution in [1.82, 2.24) is 0 Å². The molecular formula is C17H18Cl2FN2O+. The van der Waals surface area contributed by atoms with Crippen molar-refractivity contribution in [3.8, 4) is 0 Å². The number of hydrogen-bond acceptors (Lipinski definition) is 1. The molecule has 1 amide bonds. The summed E-state index contributed by atoms with van der Waals surface area (Å²) in [6.45, 7) is 2.10. The standard InChI is InChI=1S/C17H17Cl2FN2O/c1-11(17(23)21-13-6-3-5-12(18)9-13)22(2)10-14-15(19)7-4-8-16(14)20/h3-9,11H,10H2,1-2H3,(H,21,23)/p+1/t11-/m1/s1. The van der Waals surface area contributed by atoms with Gasteiger partial charge in [0, 0.05) is 10.7 Å². The van der Waals surface area contributed by atoms with Gasteiger partial charge in [-0.2, -0.15) is 0 Å². The zero-order valence-electron chi connectivity index (χ0n) is 12.9. The van der Waals surface area contributed by atoms with E-state index in [-0.39, 0.29) is 17.8 Å². The van der Waals surface area contributed by atoms with Crippen LogP contribution in [0.2, 0.25) is 10.0 Å². The highest BCUT2D eigenvalue weighted by molar-refractivity contribution is 6.31. The monoisotopic (exact) mass is 355 g/mol. The maximum absolute atomic E-state index is 13.9. The Kier molecular flexibility index (Phi) is 5.99. The molecule has 0 saturated carbocycles. The molecule has 2 N–H and O–H groups in total. The molecule has 1 unspecified atom stereocenters. The maximum Gasteiger partial charge on any atom is 0.282 e. The van der Waals surface area contributed by atoms with Gasteiger partial charge in [-0.05, 0) is 37.3 Å². The van der Waals surface area contributed by atoms with Crippen molar-refractivity contribution in [2.45, 2.75) is 19.5 Å². The molecular weight excluding hydrogens is 338 g/mol. The summed E-state index contributed by atoms with van der Waals surface area (Å²) < 4.78 is 13.9. The van der Waals surface area contributed by atoms with Gasteiger partial charge >= 0.3 is 0 Å². The van der Waals surface area contributed by atoms with E-state index in [0.717, 1.165) is 4.90 Å². The predicted octanol–water partition coefficient (Wildman–Crippen LogP) is 3.17. The van der Waals surface area contributed by atoms with Gasteiger partial charge in [0.25, 0.3) is 5.91 Å². The molecule has 6 heteroatoms. The number of likely N-dealkylation sites (N-methyl/N-ethyl adjacent to an activating group) is 1. The van der Waals surface area contributed by atoms with Crippen molar-refractivity contribution < 1.29 is 14.1 Å². The number of carbonyl (C=O) groups is 1. The largest absolute Gasteiger partial charge is 0.323 e. The van der Waals surface area contributed by atoms with Crippen LogP contribution in [0.1, 0.15) is 12.5 Å². The molecule has 0 heterocycles. The lowest BCUT2D eigenvalue weighted by Crippen LogP contribution is -3.12. The summed E-state index contributed by atoms with van der Waals surface area (Å²) in [5.74, 6) is -0.531. The van der Waals surface area contributed by atoms with E-state index in [9.17, 15) is 9.18 Å². The van der Waals surface area contributed by atoms with Crippen LogP contribution in [0, 0.1) is 5.82 Å². The highest BCUT2D eigenvalue weighted by Gasteiger charge is 2.24. The minimum absolute atomic E-state index is 0.169. The molecule has 0 aromatic heterocycles. The number of anilines is 1. The highest BCUT2D eigenvalue weighted by atomic mass is 35.5. The number of carbonyl (C=O) groups excluding carboxylic acids is 1. The Hall–Kier alpha value is -1.62. The van der Waals surface area contributed by atoms with Crippen LogP contribution < -0.4 is 10.2 Å². The molecule has 0 saturated heterocycles. The first-order chi connectivity index (χ1) is 10.9. The van der Waals surface area contributed by atoms with E-state index in [0.29, 0.717) is 27.8 Å². The van der Waals surface area contributed by atoms with E-state index < -0.39 is 0 Å². The minimum atomic E-state index is -0.385. The van der Waals surface area contributed by atoms with E-state index in [2.05, 4.69) is 5.32 Å². The van der Waals surface area contributed by atoms with E-state index >= 15 is 0 Å². The lowest BCUT2D eigenvalue weighted by atomic mass is 10.1. The highest BCUT2D eigenvalue weighted by Crippen LogP contribution is 2.18. The summed E-state index contributed by atoms with van der Waals surface area (Å²) in [5.41, 5.74) is 1.04. The second kappa shape index (κ2) is 7.77. The lowest BCUT2D eigenvalue weighted by Gasteiger charge is -2.21. The molecule has 0 radical (unpaired) electrons. The lowest BCUT2D eigenvalue weighted by molar-refractivity contribution is -0.908. The van der Waals surface area contributed by atoms with Gasteiger partial charge in [0.05, 0.1) is 17.6 Å². The molecule has 122 valence electrons. The molecule has 0 aliphatic heterocycles. The van der Waals surface area contributed by atoms with Gasteiger partial charge in [0.2, 0.25) is 0 Å². The van der Waals surface area contributed by atoms with E-state index in [1.807, 2.05) is 7.05 Å². The van der Waals surface area contributed by atoms with Crippen molar-refractivity contribution in [2.24, 2.45) is 0 Å². The Balaban J connectivity index is 2.04. The van der Waals surface area contributed by atoms with Crippen LogP contribution in [-0.4, -0.2) is 19.0 Å². The molecule has 2 aromatic carbocycles. The quantitative estimate of drug-likeness (QED) is 0.848. The molecule has 3 nitrogen and oxygen atoms in total. The van der Waals surface area contributed by atoms with Gasteiger partial charge in [-0.1, -0.05) is 35.3 Å². The van der Waals surface area contributed by atoms with Crippen molar-refractivity contribution in [3.63, 3.8) is 0 Å². The third kappa shape index (κ3) is 4.67. The molecule has 0 aliphatic carbocycles. The van der Waals surface area contributed by atoms with Crippen LogP contribution in [-0.2, 0) is 11.3 Å². The summed E-state index contributed by atoms with van der Waals surface area (Å²) >= 11 is 11.9. The third-order valence-corrected chi connectivity index (χ3v) is 4.33. The van der Waals surface area contributed by atoms with Crippen molar-refractivity contribution in [2.75, 3.05) is 12.4 Å². The molecule has 0 bridgehead atoms. The molecule has 0 spiro atoms. The van der Waals surface area contributed by atoms with Crippen LogP contribution in [0.5, 0.6) is 0 Å². The van der Waals surface area contributed by atoms with Crippen LogP contribution in [0.15, 0.2) is 42.5 Å². The van der Waals surface area contributed by atoms with E-state index in [1.165, 1.54) is 6.07 Å². The van der Waals surface area contributed by atoms with Crippen LogP contribution >= 0.6 is 23.2 Å². The summed E-state index contributed by atoms with van der Waals surface area (Å²) in [7, 11) is 1.82. The van der Waals surface area contributed by atoms with Crippen molar-refractivity contribution >= 4 is 34.8 Å². The minimum Gasteiger partial charge on any atom is -0.323 e. The Bertz CT molecular complexity index is 688. The fraction of sp³-hybridized carbons (Fsp3) is 0.235. The number of rotatable bonds is 5. The van der Waals surface area contributed by atoms with Crippen LogP contribution in [0.25, 0.3) is 0 Å². The molecule has 2 rings (SSSR count). The Morgan fingerprint density at radius 3 is 2.61 bits per heavy atom. The zero-order valence-corrected chi connectivity index (χ0v) is 14.4. The van der Waals surface area contributed by atoms with E-state index in [1.54, 1.807) is 43.3 Å². The first-order valence-electron chi connectivity index (χ1n) is 7.20. The van der Waals surface area contributed by atoms with Crippen molar-refractivity contribution in [3.05, 3.63) is 63.9 Å². The van der Waals surface area contributed by atoms with Gasteiger partial charge in [-0.25, -0.2) is 4.39 Å². The van der Waals surface area contributed by atoms with Gasteiger partial charge in [0.1, 0.15) is 12.4 Å². The average Bonchev–Trinajstić information content (AvgIpc) is 2.50. The Labute approximate surface area is 145 Å². The Morgan fingerprint density at radius 1 is 1.26 bits per heavy atom. The second-order valence-corrected chi connectivity index (χ2v) is 6.29. The first kappa shape index (κ1) is 17.7. The normalized spacial score (nSPS) is 13.4. The third-order valence-electron chi connectivity index (χ3n) is 3.74. The number of amides is 1. The number of hydrogen-bond donors (Lipinski definition) is 2. The SMILES string of the molecule is C[C@H](C(=O)Nc1cccc(Cl)c1)[NH+](C)Cc1c(F)cccc1Cl. The summed E-state index contributed by atoms with van der Waals surface area (Å²) in [4.78, 5) is 13.2. The maximum atomic E-state index is 13.9. The van der Waals surface area contributed by atoms with Crippen LogP contribution in [0.4, 0.5) is 10.1 Å². The van der Waals surface area contributed by atoms with Gasteiger partial charge in [-0.3, -0.25) is 4.79 Å². The smallest absolute Gasteiger partial charge is 0.282 e. The Morgan fingerprint density at radius 2 is 1.96 bits per heavy atom. The van der Waals surface area contributed by atoms with E-state index in [4.69, 9.17) is 23.2 Å². The molecule has 2 atom stereocenters. The first-order valence-corrected chi connectivity index (χ1v) is 7.95. The van der Waals surface area contributed by atoms with Crippen LogP contribution in [0.3, 0.4) is 0 Å². The molecule has 23 heavy (non-hydrogen) atoms.